The fourth-order valence-electron chi connectivity index (χ4n) is 2.07. The third-order valence-corrected chi connectivity index (χ3v) is 3.03. The Hall–Kier alpha value is -2.10. The van der Waals surface area contributed by atoms with Gasteiger partial charge in [0, 0.05) is 5.57 Å². The van der Waals surface area contributed by atoms with Crippen LogP contribution in [-0.4, -0.2) is 18.9 Å². The second-order valence-electron chi connectivity index (χ2n) is 4.30. The predicted octanol–water partition coefficient (Wildman–Crippen LogP) is 1.60. The van der Waals surface area contributed by atoms with Gasteiger partial charge in [-0.25, -0.2) is 0 Å². The van der Waals surface area contributed by atoms with Crippen molar-refractivity contribution in [1.29, 1.82) is 0 Å². The molecule has 4 nitrogen and oxygen atoms in total. The van der Waals surface area contributed by atoms with Crippen molar-refractivity contribution in [3.05, 3.63) is 41.0 Å². The number of methoxy groups -OCH3 is 1. The number of carbonyl (C=O) groups excluding carboxylic acids is 2. The smallest absolute Gasteiger partial charge is 0.254 e. The molecule has 0 bridgehead atoms. The van der Waals surface area contributed by atoms with E-state index in [9.17, 15) is 9.59 Å². The number of ether oxygens (including phenoxy) is 1. The summed E-state index contributed by atoms with van der Waals surface area (Å²) in [7, 11) is 1.62. The lowest BCUT2D eigenvalue weighted by atomic mass is 10.00. The van der Waals surface area contributed by atoms with Crippen LogP contribution in [0, 0.1) is 0 Å². The Kier molecular flexibility index (Phi) is 3.46. The van der Waals surface area contributed by atoms with E-state index in [2.05, 4.69) is 5.32 Å². The number of rotatable bonds is 3. The summed E-state index contributed by atoms with van der Waals surface area (Å²) < 4.78 is 5.27. The molecule has 0 saturated carbocycles. The molecule has 4 heteroatoms. The second kappa shape index (κ2) is 5.04. The zero-order valence-electron chi connectivity index (χ0n) is 10.4. The molecule has 18 heavy (non-hydrogen) atoms. The minimum atomic E-state index is -0.271. The van der Waals surface area contributed by atoms with Crippen LogP contribution < -0.4 is 10.1 Å². The fraction of sp³-hybridized carbons (Fsp3) is 0.286. The molecule has 0 radical (unpaired) electrons. The van der Waals surface area contributed by atoms with Gasteiger partial charge in [-0.15, -0.1) is 0 Å². The Morgan fingerprint density at radius 2 is 2.06 bits per heavy atom. The molecule has 1 aliphatic rings. The highest BCUT2D eigenvalue weighted by molar-refractivity contribution is 6.13. The maximum absolute atomic E-state index is 11.5. The minimum Gasteiger partial charge on any atom is -0.496 e. The van der Waals surface area contributed by atoms with E-state index in [0.29, 0.717) is 12.0 Å². The van der Waals surface area contributed by atoms with E-state index in [-0.39, 0.29) is 18.2 Å². The number of hydrogen-bond acceptors (Lipinski definition) is 3. The number of para-hydroxylation sites is 1. The molecule has 0 unspecified atom stereocenters. The largest absolute Gasteiger partial charge is 0.496 e. The molecule has 0 aromatic heterocycles. The molecule has 2 amide bonds. The van der Waals surface area contributed by atoms with Crippen LogP contribution in [0.1, 0.15) is 18.9 Å². The van der Waals surface area contributed by atoms with Crippen LogP contribution in [0.25, 0.3) is 0 Å². The Morgan fingerprint density at radius 3 is 2.67 bits per heavy atom. The normalized spacial score (nSPS) is 17.7. The summed E-state index contributed by atoms with van der Waals surface area (Å²) in [5.74, 6) is 0.295. The van der Waals surface area contributed by atoms with Gasteiger partial charge in [0.15, 0.2) is 0 Å². The van der Waals surface area contributed by atoms with Gasteiger partial charge in [0.05, 0.1) is 13.5 Å². The van der Waals surface area contributed by atoms with E-state index in [4.69, 9.17) is 4.74 Å². The van der Waals surface area contributed by atoms with E-state index >= 15 is 0 Å². The SMILES string of the molecule is COc1ccccc1C/C(C)=C1/CC(=O)NC1=O. The molecule has 1 aliphatic heterocycles. The molecule has 1 heterocycles. The fourth-order valence-corrected chi connectivity index (χ4v) is 2.07. The van der Waals surface area contributed by atoms with Gasteiger partial charge in [0.25, 0.3) is 5.91 Å². The molecule has 0 atom stereocenters. The van der Waals surface area contributed by atoms with E-state index in [1.54, 1.807) is 7.11 Å². The van der Waals surface area contributed by atoms with Crippen LogP contribution >= 0.6 is 0 Å². The molecule has 1 aromatic rings. The number of allylic oxidation sites excluding steroid dienone is 1. The molecule has 1 N–H and O–H groups in total. The number of hydrogen-bond donors (Lipinski definition) is 1. The maximum atomic E-state index is 11.5. The first-order chi connectivity index (χ1) is 8.61. The Morgan fingerprint density at radius 1 is 1.33 bits per heavy atom. The summed E-state index contributed by atoms with van der Waals surface area (Å²) in [6, 6.07) is 7.66. The van der Waals surface area contributed by atoms with Crippen LogP contribution in [0.3, 0.4) is 0 Å². The molecular weight excluding hydrogens is 230 g/mol. The van der Waals surface area contributed by atoms with E-state index in [0.717, 1.165) is 16.9 Å². The van der Waals surface area contributed by atoms with E-state index < -0.39 is 0 Å². The van der Waals surface area contributed by atoms with Crippen molar-refractivity contribution < 1.29 is 14.3 Å². The summed E-state index contributed by atoms with van der Waals surface area (Å²) in [5.41, 5.74) is 2.49. The number of benzene rings is 1. The van der Waals surface area contributed by atoms with Crippen LogP contribution in [-0.2, 0) is 16.0 Å². The van der Waals surface area contributed by atoms with Crippen molar-refractivity contribution >= 4 is 11.8 Å². The third-order valence-electron chi connectivity index (χ3n) is 3.03. The average Bonchev–Trinajstić information content (AvgIpc) is 2.69. The lowest BCUT2D eigenvalue weighted by molar-refractivity contribution is -0.124. The first kappa shape index (κ1) is 12.4. The number of nitrogens with one attached hydrogen (secondary N) is 1. The van der Waals surface area contributed by atoms with Crippen molar-refractivity contribution in [3.8, 4) is 5.75 Å². The average molecular weight is 245 g/mol. The quantitative estimate of drug-likeness (QED) is 0.650. The first-order valence-corrected chi connectivity index (χ1v) is 5.76. The zero-order chi connectivity index (χ0) is 13.1. The van der Waals surface area contributed by atoms with Crippen molar-refractivity contribution in [2.75, 3.05) is 7.11 Å². The monoisotopic (exact) mass is 245 g/mol. The molecule has 1 aromatic carbocycles. The molecule has 2 rings (SSSR count). The zero-order valence-corrected chi connectivity index (χ0v) is 10.4. The van der Waals surface area contributed by atoms with Crippen LogP contribution in [0.4, 0.5) is 0 Å². The molecule has 94 valence electrons. The topological polar surface area (TPSA) is 55.4 Å². The maximum Gasteiger partial charge on any atom is 0.254 e. The highest BCUT2D eigenvalue weighted by Gasteiger charge is 2.25. The molecule has 1 fully saturated rings. The summed E-state index contributed by atoms with van der Waals surface area (Å²) >= 11 is 0. The first-order valence-electron chi connectivity index (χ1n) is 5.76. The molecule has 1 saturated heterocycles. The van der Waals surface area contributed by atoms with Gasteiger partial charge < -0.3 is 4.74 Å². The van der Waals surface area contributed by atoms with Crippen molar-refractivity contribution in [3.63, 3.8) is 0 Å². The lowest BCUT2D eigenvalue weighted by Gasteiger charge is -2.09. The van der Waals surface area contributed by atoms with E-state index in [1.807, 2.05) is 31.2 Å². The summed E-state index contributed by atoms with van der Waals surface area (Å²) in [6.07, 6.45) is 0.792. The van der Waals surface area contributed by atoms with Gasteiger partial charge in [-0.2, -0.15) is 0 Å². The van der Waals surface area contributed by atoms with Crippen LogP contribution in [0.15, 0.2) is 35.4 Å². The lowest BCUT2D eigenvalue weighted by Crippen LogP contribution is -2.19. The highest BCUT2D eigenvalue weighted by Crippen LogP contribution is 2.24. The van der Waals surface area contributed by atoms with Crippen molar-refractivity contribution in [1.82, 2.24) is 5.32 Å². The number of amides is 2. The summed E-state index contributed by atoms with van der Waals surface area (Å²) in [5, 5.41) is 2.30. The van der Waals surface area contributed by atoms with Gasteiger partial charge in [-0.1, -0.05) is 23.8 Å². The summed E-state index contributed by atoms with van der Waals surface area (Å²) in [6.45, 7) is 1.87. The standard InChI is InChI=1S/C14H15NO3/c1-9(11-8-13(16)15-14(11)17)7-10-5-3-4-6-12(10)18-2/h3-6H,7-8H2,1-2H3,(H,15,16,17)/b11-9-. The molecule has 0 aliphatic carbocycles. The second-order valence-corrected chi connectivity index (χ2v) is 4.30. The summed E-state index contributed by atoms with van der Waals surface area (Å²) in [4.78, 5) is 22.7. The van der Waals surface area contributed by atoms with Gasteiger partial charge in [-0.05, 0) is 25.0 Å². The molecule has 0 spiro atoms. The van der Waals surface area contributed by atoms with Crippen LogP contribution in [0.5, 0.6) is 5.75 Å². The highest BCUT2D eigenvalue weighted by atomic mass is 16.5. The van der Waals surface area contributed by atoms with Crippen molar-refractivity contribution in [2.45, 2.75) is 19.8 Å². The van der Waals surface area contributed by atoms with E-state index in [1.165, 1.54) is 0 Å². The Labute approximate surface area is 106 Å². The van der Waals surface area contributed by atoms with Gasteiger partial charge >= 0.3 is 0 Å². The predicted molar refractivity (Wildman–Crippen MR) is 67.2 cm³/mol. The van der Waals surface area contributed by atoms with Crippen LogP contribution in [0.2, 0.25) is 0 Å². The van der Waals surface area contributed by atoms with Gasteiger partial charge in [-0.3, -0.25) is 14.9 Å². The number of carbonyl (C=O) groups is 2. The number of imide groups is 1. The Bertz CT molecular complexity index is 532. The van der Waals surface area contributed by atoms with Crippen molar-refractivity contribution in [2.24, 2.45) is 0 Å². The minimum absolute atomic E-state index is 0.180. The third kappa shape index (κ3) is 2.42. The molecular formula is C14H15NO3. The van der Waals surface area contributed by atoms with Gasteiger partial charge in [0.2, 0.25) is 5.91 Å². The van der Waals surface area contributed by atoms with Gasteiger partial charge in [0.1, 0.15) is 5.75 Å². The Balaban J connectivity index is 2.26.